The summed E-state index contributed by atoms with van der Waals surface area (Å²) in [6.07, 6.45) is 0. The molecule has 1 amide bonds. The highest BCUT2D eigenvalue weighted by molar-refractivity contribution is 5.94. The molecule has 4 heteroatoms. The number of benzene rings is 1. The number of likely N-dealkylation sites (N-methyl/N-ethyl adjacent to an activating group) is 1. The van der Waals surface area contributed by atoms with Gasteiger partial charge in [-0.15, -0.1) is 0 Å². The fourth-order valence-corrected chi connectivity index (χ4v) is 1.32. The van der Waals surface area contributed by atoms with Crippen molar-refractivity contribution in [3.05, 3.63) is 29.8 Å². The third-order valence-corrected chi connectivity index (χ3v) is 2.49. The largest absolute Gasteiger partial charge is 0.494 e. The van der Waals surface area contributed by atoms with Gasteiger partial charge in [-0.2, -0.15) is 0 Å². The number of hydrogen-bond donors (Lipinski definition) is 2. The molecule has 0 heterocycles. The maximum Gasteiger partial charge on any atom is 0.251 e. The van der Waals surface area contributed by atoms with Crippen LogP contribution in [0.4, 0.5) is 0 Å². The van der Waals surface area contributed by atoms with Crippen LogP contribution in [0.5, 0.6) is 5.75 Å². The van der Waals surface area contributed by atoms with Gasteiger partial charge in [0.2, 0.25) is 0 Å². The van der Waals surface area contributed by atoms with Gasteiger partial charge in [-0.25, -0.2) is 0 Å². The minimum atomic E-state index is -0.0600. The Kier molecular flexibility index (Phi) is 5.49. The lowest BCUT2D eigenvalue weighted by Crippen LogP contribution is -2.37. The van der Waals surface area contributed by atoms with Gasteiger partial charge in [0.25, 0.3) is 5.91 Å². The fourth-order valence-electron chi connectivity index (χ4n) is 1.32. The summed E-state index contributed by atoms with van der Waals surface area (Å²) in [4.78, 5) is 11.8. The summed E-state index contributed by atoms with van der Waals surface area (Å²) in [5.41, 5.74) is 0.650. The molecular formula is C13H20N2O2. The van der Waals surface area contributed by atoms with Gasteiger partial charge in [0.05, 0.1) is 6.61 Å². The summed E-state index contributed by atoms with van der Waals surface area (Å²) >= 11 is 0. The predicted octanol–water partition coefficient (Wildman–Crippen LogP) is 1.42. The molecule has 1 aromatic carbocycles. The molecule has 0 aliphatic carbocycles. The van der Waals surface area contributed by atoms with Crippen LogP contribution in [0.15, 0.2) is 24.3 Å². The quantitative estimate of drug-likeness (QED) is 0.785. The van der Waals surface area contributed by atoms with Gasteiger partial charge in [0.1, 0.15) is 5.75 Å². The molecule has 4 nitrogen and oxygen atoms in total. The minimum absolute atomic E-state index is 0.0600. The summed E-state index contributed by atoms with van der Waals surface area (Å²) in [5.74, 6) is 0.725. The lowest BCUT2D eigenvalue weighted by molar-refractivity contribution is 0.0950. The van der Waals surface area contributed by atoms with E-state index >= 15 is 0 Å². The number of nitrogens with one attached hydrogen (secondary N) is 2. The Balaban J connectivity index is 2.51. The molecule has 0 bridgehead atoms. The van der Waals surface area contributed by atoms with E-state index in [1.165, 1.54) is 0 Å². The van der Waals surface area contributed by atoms with Gasteiger partial charge in [-0.3, -0.25) is 4.79 Å². The van der Waals surface area contributed by atoms with Crippen LogP contribution in [0.1, 0.15) is 24.2 Å². The second-order valence-corrected chi connectivity index (χ2v) is 3.86. The molecule has 1 rings (SSSR count). The summed E-state index contributed by atoms with van der Waals surface area (Å²) in [6.45, 7) is 5.19. The third kappa shape index (κ3) is 4.44. The van der Waals surface area contributed by atoms with E-state index in [0.717, 1.165) is 5.75 Å². The molecule has 0 aliphatic rings. The topological polar surface area (TPSA) is 50.4 Å². The van der Waals surface area contributed by atoms with E-state index in [1.54, 1.807) is 24.3 Å². The number of ether oxygens (including phenoxy) is 1. The van der Waals surface area contributed by atoms with Crippen LogP contribution in [0, 0.1) is 0 Å². The van der Waals surface area contributed by atoms with Crippen molar-refractivity contribution in [3.63, 3.8) is 0 Å². The van der Waals surface area contributed by atoms with E-state index in [0.29, 0.717) is 18.7 Å². The smallest absolute Gasteiger partial charge is 0.251 e. The Morgan fingerprint density at radius 1 is 1.35 bits per heavy atom. The van der Waals surface area contributed by atoms with Crippen LogP contribution >= 0.6 is 0 Å². The Morgan fingerprint density at radius 2 is 2.00 bits per heavy atom. The van der Waals surface area contributed by atoms with Gasteiger partial charge < -0.3 is 15.4 Å². The standard InChI is InChI=1S/C13H20N2O2/c1-4-17-12-7-5-11(6-8-12)13(16)15-9-10(2)14-3/h5-8,10,14H,4,9H2,1-3H3,(H,15,16). The van der Waals surface area contributed by atoms with Gasteiger partial charge in [0, 0.05) is 18.2 Å². The zero-order chi connectivity index (χ0) is 12.7. The second kappa shape index (κ2) is 6.91. The van der Waals surface area contributed by atoms with Gasteiger partial charge in [-0.05, 0) is 45.2 Å². The lowest BCUT2D eigenvalue weighted by atomic mass is 10.2. The van der Waals surface area contributed by atoms with Crippen molar-refractivity contribution in [2.24, 2.45) is 0 Å². The van der Waals surface area contributed by atoms with Gasteiger partial charge in [-0.1, -0.05) is 0 Å². The zero-order valence-electron chi connectivity index (χ0n) is 10.6. The first-order chi connectivity index (χ1) is 8.17. The molecule has 1 atom stereocenters. The van der Waals surface area contributed by atoms with Gasteiger partial charge in [0.15, 0.2) is 0 Å². The highest BCUT2D eigenvalue weighted by atomic mass is 16.5. The Bertz CT molecular complexity index is 349. The predicted molar refractivity (Wildman–Crippen MR) is 68.5 cm³/mol. The van der Waals surface area contributed by atoms with Crippen molar-refractivity contribution in [1.82, 2.24) is 10.6 Å². The van der Waals surface area contributed by atoms with E-state index in [2.05, 4.69) is 10.6 Å². The maximum absolute atomic E-state index is 11.8. The van der Waals surface area contributed by atoms with Crippen molar-refractivity contribution in [2.75, 3.05) is 20.2 Å². The molecular weight excluding hydrogens is 216 g/mol. The first-order valence-corrected chi connectivity index (χ1v) is 5.85. The van der Waals surface area contributed by atoms with E-state index in [-0.39, 0.29) is 11.9 Å². The number of amides is 1. The minimum Gasteiger partial charge on any atom is -0.494 e. The van der Waals surface area contributed by atoms with Crippen LogP contribution in [-0.2, 0) is 0 Å². The fraction of sp³-hybridized carbons (Fsp3) is 0.462. The highest BCUT2D eigenvalue weighted by Crippen LogP contribution is 2.11. The first kappa shape index (κ1) is 13.5. The van der Waals surface area contributed by atoms with Crippen molar-refractivity contribution >= 4 is 5.91 Å². The van der Waals surface area contributed by atoms with Crippen molar-refractivity contribution in [2.45, 2.75) is 19.9 Å². The number of carbonyl (C=O) groups excluding carboxylic acids is 1. The summed E-state index contributed by atoms with van der Waals surface area (Å²) in [7, 11) is 1.87. The Morgan fingerprint density at radius 3 is 2.53 bits per heavy atom. The van der Waals surface area contributed by atoms with Crippen LogP contribution in [-0.4, -0.2) is 32.1 Å². The lowest BCUT2D eigenvalue weighted by Gasteiger charge is -2.11. The Hall–Kier alpha value is -1.55. The molecule has 1 unspecified atom stereocenters. The summed E-state index contributed by atoms with van der Waals surface area (Å²) in [5, 5.41) is 5.92. The normalized spacial score (nSPS) is 11.9. The monoisotopic (exact) mass is 236 g/mol. The molecule has 0 aromatic heterocycles. The molecule has 0 aliphatic heterocycles. The van der Waals surface area contributed by atoms with Crippen molar-refractivity contribution in [3.8, 4) is 5.75 Å². The average molecular weight is 236 g/mol. The average Bonchev–Trinajstić information content (AvgIpc) is 2.36. The SMILES string of the molecule is CCOc1ccc(C(=O)NCC(C)NC)cc1. The van der Waals surface area contributed by atoms with Gasteiger partial charge >= 0.3 is 0 Å². The maximum atomic E-state index is 11.8. The summed E-state index contributed by atoms with van der Waals surface area (Å²) < 4.78 is 5.31. The highest BCUT2D eigenvalue weighted by Gasteiger charge is 2.06. The molecule has 0 saturated heterocycles. The van der Waals surface area contributed by atoms with Crippen LogP contribution in [0.25, 0.3) is 0 Å². The van der Waals surface area contributed by atoms with Crippen LogP contribution in [0.3, 0.4) is 0 Å². The van der Waals surface area contributed by atoms with Crippen molar-refractivity contribution < 1.29 is 9.53 Å². The second-order valence-electron chi connectivity index (χ2n) is 3.86. The third-order valence-electron chi connectivity index (χ3n) is 2.49. The Labute approximate surface area is 102 Å². The molecule has 0 saturated carbocycles. The number of carbonyl (C=O) groups is 1. The van der Waals surface area contributed by atoms with E-state index < -0.39 is 0 Å². The number of rotatable bonds is 6. The van der Waals surface area contributed by atoms with E-state index in [9.17, 15) is 4.79 Å². The summed E-state index contributed by atoms with van der Waals surface area (Å²) in [6, 6.07) is 7.41. The molecule has 0 radical (unpaired) electrons. The molecule has 0 spiro atoms. The molecule has 1 aromatic rings. The number of hydrogen-bond acceptors (Lipinski definition) is 3. The molecule has 17 heavy (non-hydrogen) atoms. The van der Waals surface area contributed by atoms with E-state index in [1.807, 2.05) is 20.9 Å². The van der Waals surface area contributed by atoms with Crippen molar-refractivity contribution in [1.29, 1.82) is 0 Å². The molecule has 2 N–H and O–H groups in total. The zero-order valence-corrected chi connectivity index (χ0v) is 10.6. The first-order valence-electron chi connectivity index (χ1n) is 5.85. The molecule has 0 fully saturated rings. The van der Waals surface area contributed by atoms with Crippen LogP contribution < -0.4 is 15.4 Å². The van der Waals surface area contributed by atoms with E-state index in [4.69, 9.17) is 4.74 Å². The molecule has 94 valence electrons. The van der Waals surface area contributed by atoms with Crippen LogP contribution in [0.2, 0.25) is 0 Å².